The van der Waals surface area contributed by atoms with Gasteiger partial charge in [-0.05, 0) is 74.2 Å². The van der Waals surface area contributed by atoms with Gasteiger partial charge in [0.1, 0.15) is 11.5 Å². The highest BCUT2D eigenvalue weighted by Gasteiger charge is 2.40. The van der Waals surface area contributed by atoms with Crippen molar-refractivity contribution in [2.24, 2.45) is 0 Å². The molecule has 3 aromatic rings. The number of nitrogens with one attached hydrogen (secondary N) is 1. The SMILES string of the molecule is Cc1cc(C)cc(NC2=C(c3ccc(C)cc3C)C(=O)N(Cc3ccco3)C2=O)c1. The van der Waals surface area contributed by atoms with E-state index in [0.29, 0.717) is 17.0 Å². The van der Waals surface area contributed by atoms with Crippen LogP contribution in [0, 0.1) is 27.7 Å². The van der Waals surface area contributed by atoms with E-state index in [-0.39, 0.29) is 18.4 Å². The predicted octanol–water partition coefficient (Wildman–Crippen LogP) is 4.91. The topological polar surface area (TPSA) is 62.6 Å². The number of amides is 2. The molecule has 1 aromatic heterocycles. The summed E-state index contributed by atoms with van der Waals surface area (Å²) in [7, 11) is 0. The molecule has 0 radical (unpaired) electrons. The Hall–Kier alpha value is -3.60. The number of furan rings is 1. The number of nitrogens with zero attached hydrogens (tertiary/aromatic N) is 1. The van der Waals surface area contributed by atoms with E-state index in [1.807, 2.05) is 58.0 Å². The first kappa shape index (κ1) is 19.7. The van der Waals surface area contributed by atoms with E-state index in [1.165, 1.54) is 11.2 Å². The number of aryl methyl sites for hydroxylation is 4. The number of benzene rings is 2. The number of anilines is 1. The van der Waals surface area contributed by atoms with Crippen molar-refractivity contribution >= 4 is 23.1 Å². The first-order chi connectivity index (χ1) is 14.3. The van der Waals surface area contributed by atoms with Gasteiger partial charge in [0.2, 0.25) is 0 Å². The highest BCUT2D eigenvalue weighted by atomic mass is 16.3. The van der Waals surface area contributed by atoms with Gasteiger partial charge in [-0.2, -0.15) is 0 Å². The molecule has 2 amide bonds. The van der Waals surface area contributed by atoms with E-state index in [2.05, 4.69) is 11.4 Å². The van der Waals surface area contributed by atoms with Crippen molar-refractivity contribution in [1.82, 2.24) is 4.90 Å². The smallest absolute Gasteiger partial charge is 0.278 e. The second-order valence-electron chi connectivity index (χ2n) is 7.85. The zero-order valence-corrected chi connectivity index (χ0v) is 17.6. The van der Waals surface area contributed by atoms with Gasteiger partial charge in [-0.25, -0.2) is 0 Å². The maximum Gasteiger partial charge on any atom is 0.278 e. The minimum absolute atomic E-state index is 0.0943. The standard InChI is InChI=1S/C25H24N2O3/c1-15-7-8-21(18(4)11-15)22-23(26-19-12-16(2)10-17(3)13-19)25(29)27(24(22)28)14-20-6-5-9-30-20/h5-13,26H,14H2,1-4H3. The van der Waals surface area contributed by atoms with Crippen molar-refractivity contribution in [3.8, 4) is 0 Å². The maximum absolute atomic E-state index is 13.4. The van der Waals surface area contributed by atoms with Gasteiger partial charge >= 0.3 is 0 Å². The molecule has 5 nitrogen and oxygen atoms in total. The largest absolute Gasteiger partial charge is 0.467 e. The van der Waals surface area contributed by atoms with Crippen LogP contribution in [0.25, 0.3) is 5.57 Å². The van der Waals surface area contributed by atoms with Crippen molar-refractivity contribution in [1.29, 1.82) is 0 Å². The quantitative estimate of drug-likeness (QED) is 0.619. The van der Waals surface area contributed by atoms with Gasteiger partial charge in [0, 0.05) is 5.69 Å². The Morgan fingerprint density at radius 1 is 0.867 bits per heavy atom. The van der Waals surface area contributed by atoms with Crippen LogP contribution in [0.4, 0.5) is 5.69 Å². The van der Waals surface area contributed by atoms with Gasteiger partial charge < -0.3 is 9.73 Å². The summed E-state index contributed by atoms with van der Waals surface area (Å²) in [6.45, 7) is 8.06. The lowest BCUT2D eigenvalue weighted by Gasteiger charge is -2.14. The van der Waals surface area contributed by atoms with Crippen LogP contribution >= 0.6 is 0 Å². The molecule has 4 rings (SSSR count). The van der Waals surface area contributed by atoms with Crippen LogP contribution in [0.5, 0.6) is 0 Å². The normalized spacial score (nSPS) is 14.1. The third-order valence-electron chi connectivity index (χ3n) is 5.20. The van der Waals surface area contributed by atoms with Gasteiger partial charge in [-0.15, -0.1) is 0 Å². The summed E-state index contributed by atoms with van der Waals surface area (Å²) in [5, 5.41) is 3.24. The lowest BCUT2D eigenvalue weighted by molar-refractivity contribution is -0.137. The minimum atomic E-state index is -0.356. The Morgan fingerprint density at radius 2 is 1.60 bits per heavy atom. The molecule has 0 saturated carbocycles. The van der Waals surface area contributed by atoms with Crippen LogP contribution in [0.15, 0.2) is 64.9 Å². The number of carbonyl (C=O) groups excluding carboxylic acids is 2. The van der Waals surface area contributed by atoms with E-state index in [4.69, 9.17) is 4.42 Å². The molecule has 5 heteroatoms. The van der Waals surface area contributed by atoms with E-state index < -0.39 is 0 Å². The van der Waals surface area contributed by atoms with Crippen LogP contribution in [0.3, 0.4) is 0 Å². The van der Waals surface area contributed by atoms with Crippen LogP contribution in [-0.2, 0) is 16.1 Å². The zero-order chi connectivity index (χ0) is 21.4. The van der Waals surface area contributed by atoms with Crippen molar-refractivity contribution in [2.45, 2.75) is 34.2 Å². The number of hydrogen-bond acceptors (Lipinski definition) is 4. The van der Waals surface area contributed by atoms with Crippen molar-refractivity contribution in [3.05, 3.63) is 94.1 Å². The number of carbonyl (C=O) groups is 2. The minimum Gasteiger partial charge on any atom is -0.467 e. The van der Waals surface area contributed by atoms with Gasteiger partial charge in [0.05, 0.1) is 18.4 Å². The van der Waals surface area contributed by atoms with Crippen LogP contribution in [0.2, 0.25) is 0 Å². The molecule has 0 unspecified atom stereocenters. The summed E-state index contributed by atoms with van der Waals surface area (Å²) < 4.78 is 5.37. The zero-order valence-electron chi connectivity index (χ0n) is 17.6. The first-order valence-corrected chi connectivity index (χ1v) is 9.89. The molecule has 0 saturated heterocycles. The molecule has 0 bridgehead atoms. The van der Waals surface area contributed by atoms with Crippen LogP contribution in [-0.4, -0.2) is 16.7 Å². The fraction of sp³-hybridized carbons (Fsp3) is 0.200. The molecule has 1 N–H and O–H groups in total. The van der Waals surface area contributed by atoms with Crippen molar-refractivity contribution < 1.29 is 14.0 Å². The van der Waals surface area contributed by atoms with Gasteiger partial charge in [-0.3, -0.25) is 14.5 Å². The summed E-state index contributed by atoms with van der Waals surface area (Å²) in [6.07, 6.45) is 1.54. The van der Waals surface area contributed by atoms with Crippen molar-refractivity contribution in [2.75, 3.05) is 5.32 Å². The monoisotopic (exact) mass is 400 g/mol. The Balaban J connectivity index is 1.81. The van der Waals surface area contributed by atoms with E-state index in [1.54, 1.807) is 12.1 Å². The van der Waals surface area contributed by atoms with Gasteiger partial charge in [0.25, 0.3) is 11.8 Å². The molecule has 1 aliphatic rings. The second kappa shape index (κ2) is 7.67. The fourth-order valence-electron chi connectivity index (χ4n) is 3.93. The molecule has 30 heavy (non-hydrogen) atoms. The summed E-state index contributed by atoms with van der Waals surface area (Å²) in [5.41, 5.74) is 6.44. The highest BCUT2D eigenvalue weighted by Crippen LogP contribution is 2.33. The molecule has 0 atom stereocenters. The molecule has 1 aliphatic heterocycles. The Bertz CT molecular complexity index is 1150. The third-order valence-corrected chi connectivity index (χ3v) is 5.20. The lowest BCUT2D eigenvalue weighted by atomic mass is 9.97. The molecule has 152 valence electrons. The number of rotatable bonds is 5. The van der Waals surface area contributed by atoms with Gasteiger partial charge in [0.15, 0.2) is 0 Å². The summed E-state index contributed by atoms with van der Waals surface area (Å²) in [4.78, 5) is 27.9. The first-order valence-electron chi connectivity index (χ1n) is 9.89. The average molecular weight is 400 g/mol. The van der Waals surface area contributed by atoms with E-state index >= 15 is 0 Å². The number of imide groups is 1. The molecular weight excluding hydrogens is 376 g/mol. The Labute approximate surface area is 176 Å². The number of hydrogen-bond donors (Lipinski definition) is 1. The van der Waals surface area contributed by atoms with Crippen LogP contribution in [0.1, 0.15) is 33.6 Å². The maximum atomic E-state index is 13.4. The fourth-order valence-corrected chi connectivity index (χ4v) is 3.93. The van der Waals surface area contributed by atoms with Gasteiger partial charge in [-0.1, -0.05) is 29.8 Å². The summed E-state index contributed by atoms with van der Waals surface area (Å²) in [5.74, 6) is -0.120. The summed E-state index contributed by atoms with van der Waals surface area (Å²) in [6, 6.07) is 15.4. The average Bonchev–Trinajstić information content (AvgIpc) is 3.25. The molecule has 0 aliphatic carbocycles. The molecular formula is C25H24N2O3. The van der Waals surface area contributed by atoms with E-state index in [9.17, 15) is 9.59 Å². The Morgan fingerprint density at radius 3 is 2.23 bits per heavy atom. The van der Waals surface area contributed by atoms with Crippen LogP contribution < -0.4 is 5.32 Å². The lowest BCUT2D eigenvalue weighted by Crippen LogP contribution is -2.31. The highest BCUT2D eigenvalue weighted by molar-refractivity contribution is 6.36. The molecule has 2 aromatic carbocycles. The Kier molecular flexibility index (Phi) is 5.04. The molecule has 0 fully saturated rings. The predicted molar refractivity (Wildman–Crippen MR) is 117 cm³/mol. The van der Waals surface area contributed by atoms with E-state index in [0.717, 1.165) is 33.5 Å². The second-order valence-corrected chi connectivity index (χ2v) is 7.85. The molecule has 0 spiro atoms. The summed E-state index contributed by atoms with van der Waals surface area (Å²) >= 11 is 0. The van der Waals surface area contributed by atoms with Crippen molar-refractivity contribution in [3.63, 3.8) is 0 Å². The molecule has 2 heterocycles. The third kappa shape index (κ3) is 3.66.